The quantitative estimate of drug-likeness (QED) is 0.914. The van der Waals surface area contributed by atoms with Crippen molar-refractivity contribution in [3.05, 3.63) is 34.3 Å². The van der Waals surface area contributed by atoms with E-state index in [1.807, 2.05) is 23.1 Å². The average molecular weight is 308 g/mol. The molecule has 0 unspecified atom stereocenters. The number of aliphatic carboxylic acids is 1. The Hall–Kier alpha value is -1.55. The van der Waals surface area contributed by atoms with Gasteiger partial charge in [-0.05, 0) is 42.9 Å². The fourth-order valence-corrected chi connectivity index (χ4v) is 3.73. The van der Waals surface area contributed by atoms with E-state index in [-0.39, 0.29) is 17.7 Å². The van der Waals surface area contributed by atoms with Gasteiger partial charge in [-0.1, -0.05) is 23.7 Å². The standard InChI is InChI=1S/C16H18ClNO3/c17-14-3-1-2-12-9-18(7-6-13(12)14)15(19)10-4-5-11(8-10)16(20)21/h1-3,10-11H,4-9H2,(H,20,21)/t10-,11+/m1/s1. The molecule has 1 aromatic carbocycles. The van der Waals surface area contributed by atoms with E-state index < -0.39 is 5.97 Å². The van der Waals surface area contributed by atoms with Crippen LogP contribution in [-0.2, 0) is 22.6 Å². The molecule has 0 radical (unpaired) electrons. The van der Waals surface area contributed by atoms with E-state index in [2.05, 4.69) is 0 Å². The lowest BCUT2D eigenvalue weighted by Crippen LogP contribution is -2.39. The average Bonchev–Trinajstić information content (AvgIpc) is 2.96. The first-order valence-electron chi connectivity index (χ1n) is 7.34. The third-order valence-corrected chi connectivity index (χ3v) is 5.01. The molecule has 0 saturated heterocycles. The third kappa shape index (κ3) is 2.77. The summed E-state index contributed by atoms with van der Waals surface area (Å²) in [6, 6.07) is 5.80. The van der Waals surface area contributed by atoms with Gasteiger partial charge in [-0.2, -0.15) is 0 Å². The van der Waals surface area contributed by atoms with Gasteiger partial charge in [0, 0.05) is 24.0 Å². The van der Waals surface area contributed by atoms with Crippen LogP contribution in [0.5, 0.6) is 0 Å². The van der Waals surface area contributed by atoms with Gasteiger partial charge in [-0.3, -0.25) is 9.59 Å². The number of hydrogen-bond donors (Lipinski definition) is 1. The Bertz CT molecular complexity index is 587. The molecule has 2 aliphatic rings. The van der Waals surface area contributed by atoms with Crippen LogP contribution in [0.4, 0.5) is 0 Å². The number of halogens is 1. The summed E-state index contributed by atoms with van der Waals surface area (Å²) in [5, 5.41) is 9.81. The SMILES string of the molecule is O=C(O)[C@H]1CC[C@@H](C(=O)N2CCc3c(Cl)cccc3C2)C1. The molecule has 1 heterocycles. The normalized spacial score (nSPS) is 24.7. The zero-order valence-corrected chi connectivity index (χ0v) is 12.5. The zero-order chi connectivity index (χ0) is 15.0. The van der Waals surface area contributed by atoms with E-state index in [1.165, 1.54) is 0 Å². The summed E-state index contributed by atoms with van der Waals surface area (Å²) < 4.78 is 0. The van der Waals surface area contributed by atoms with Crippen LogP contribution in [0.2, 0.25) is 5.02 Å². The number of fused-ring (bicyclic) bond motifs is 1. The molecule has 112 valence electrons. The van der Waals surface area contributed by atoms with Gasteiger partial charge in [0.25, 0.3) is 0 Å². The molecule has 3 rings (SSSR count). The number of rotatable bonds is 2. The molecular weight excluding hydrogens is 290 g/mol. The molecule has 1 aliphatic heterocycles. The second-order valence-corrected chi connectivity index (χ2v) is 6.34. The van der Waals surface area contributed by atoms with Crippen LogP contribution in [0.1, 0.15) is 30.4 Å². The van der Waals surface area contributed by atoms with Crippen LogP contribution in [0.15, 0.2) is 18.2 Å². The molecule has 1 saturated carbocycles. The third-order valence-electron chi connectivity index (χ3n) is 4.65. The summed E-state index contributed by atoms with van der Waals surface area (Å²) in [7, 11) is 0. The highest BCUT2D eigenvalue weighted by molar-refractivity contribution is 6.31. The van der Waals surface area contributed by atoms with E-state index in [1.54, 1.807) is 0 Å². The smallest absolute Gasteiger partial charge is 0.306 e. The summed E-state index contributed by atoms with van der Waals surface area (Å²) in [6.07, 6.45) is 2.56. The minimum absolute atomic E-state index is 0.101. The second-order valence-electron chi connectivity index (χ2n) is 5.93. The van der Waals surface area contributed by atoms with Crippen LogP contribution < -0.4 is 0 Å². The number of nitrogens with zero attached hydrogens (tertiary/aromatic N) is 1. The number of carboxylic acid groups (broad SMARTS) is 1. The molecule has 1 N–H and O–H groups in total. The molecule has 2 atom stereocenters. The molecule has 1 amide bonds. The minimum Gasteiger partial charge on any atom is -0.481 e. The molecule has 0 aromatic heterocycles. The minimum atomic E-state index is -0.777. The maximum absolute atomic E-state index is 12.6. The highest BCUT2D eigenvalue weighted by Crippen LogP contribution is 2.34. The highest BCUT2D eigenvalue weighted by Gasteiger charge is 2.36. The predicted molar refractivity (Wildman–Crippen MR) is 79.0 cm³/mol. The lowest BCUT2D eigenvalue weighted by Gasteiger charge is -2.31. The number of carbonyl (C=O) groups is 2. The molecule has 4 nitrogen and oxygen atoms in total. The van der Waals surface area contributed by atoms with Crippen molar-refractivity contribution in [1.29, 1.82) is 0 Å². The molecule has 1 fully saturated rings. The van der Waals surface area contributed by atoms with E-state index in [9.17, 15) is 9.59 Å². The molecule has 1 aliphatic carbocycles. The molecule has 0 spiro atoms. The van der Waals surface area contributed by atoms with E-state index in [0.717, 1.165) is 22.6 Å². The number of hydrogen-bond acceptors (Lipinski definition) is 2. The number of benzene rings is 1. The first-order valence-corrected chi connectivity index (χ1v) is 7.72. The Labute approximate surface area is 128 Å². The summed E-state index contributed by atoms with van der Waals surface area (Å²) in [5.41, 5.74) is 2.24. The molecule has 21 heavy (non-hydrogen) atoms. The van der Waals surface area contributed by atoms with Gasteiger partial charge in [-0.15, -0.1) is 0 Å². The fourth-order valence-electron chi connectivity index (χ4n) is 3.44. The van der Waals surface area contributed by atoms with Crippen molar-refractivity contribution in [1.82, 2.24) is 4.90 Å². The number of amides is 1. The topological polar surface area (TPSA) is 57.6 Å². The Morgan fingerprint density at radius 2 is 2.00 bits per heavy atom. The Morgan fingerprint density at radius 1 is 1.24 bits per heavy atom. The summed E-state index contributed by atoms with van der Waals surface area (Å²) >= 11 is 6.18. The maximum Gasteiger partial charge on any atom is 0.306 e. The molecule has 5 heteroatoms. The second kappa shape index (κ2) is 5.68. The van der Waals surface area contributed by atoms with Crippen LogP contribution in [-0.4, -0.2) is 28.4 Å². The summed E-state index contributed by atoms with van der Waals surface area (Å²) in [5.74, 6) is -1.16. The van der Waals surface area contributed by atoms with Gasteiger partial charge >= 0.3 is 5.97 Å². The van der Waals surface area contributed by atoms with Crippen molar-refractivity contribution < 1.29 is 14.7 Å². The maximum atomic E-state index is 12.6. The molecule has 1 aromatic rings. The van der Waals surface area contributed by atoms with Crippen molar-refractivity contribution in [3.8, 4) is 0 Å². The van der Waals surface area contributed by atoms with Crippen LogP contribution in [0.25, 0.3) is 0 Å². The first-order chi connectivity index (χ1) is 10.1. The Kier molecular flexibility index (Phi) is 3.89. The fraction of sp³-hybridized carbons (Fsp3) is 0.500. The largest absolute Gasteiger partial charge is 0.481 e. The van der Waals surface area contributed by atoms with Crippen LogP contribution in [0.3, 0.4) is 0 Å². The number of carboxylic acids is 1. The Morgan fingerprint density at radius 3 is 2.71 bits per heavy atom. The first kappa shape index (κ1) is 14.4. The van der Waals surface area contributed by atoms with Gasteiger partial charge in [0.2, 0.25) is 5.91 Å². The number of carbonyl (C=O) groups excluding carboxylic acids is 1. The van der Waals surface area contributed by atoms with E-state index >= 15 is 0 Å². The van der Waals surface area contributed by atoms with Gasteiger partial charge in [0.1, 0.15) is 0 Å². The van der Waals surface area contributed by atoms with E-state index in [0.29, 0.717) is 32.4 Å². The monoisotopic (exact) mass is 307 g/mol. The van der Waals surface area contributed by atoms with E-state index in [4.69, 9.17) is 16.7 Å². The van der Waals surface area contributed by atoms with Crippen molar-refractivity contribution in [2.24, 2.45) is 11.8 Å². The molecular formula is C16H18ClNO3. The van der Waals surface area contributed by atoms with Crippen LogP contribution >= 0.6 is 11.6 Å². The lowest BCUT2D eigenvalue weighted by molar-refractivity contribution is -0.141. The lowest BCUT2D eigenvalue weighted by atomic mass is 9.97. The van der Waals surface area contributed by atoms with Crippen LogP contribution in [0, 0.1) is 11.8 Å². The van der Waals surface area contributed by atoms with Crippen molar-refractivity contribution in [2.45, 2.75) is 32.2 Å². The molecule has 0 bridgehead atoms. The predicted octanol–water partition coefficient (Wildman–Crippen LogP) is 2.73. The Balaban J connectivity index is 1.69. The zero-order valence-electron chi connectivity index (χ0n) is 11.7. The van der Waals surface area contributed by atoms with Gasteiger partial charge in [0.15, 0.2) is 0 Å². The summed E-state index contributed by atoms with van der Waals surface area (Å²) in [6.45, 7) is 1.26. The van der Waals surface area contributed by atoms with Gasteiger partial charge in [-0.25, -0.2) is 0 Å². The van der Waals surface area contributed by atoms with Crippen molar-refractivity contribution >= 4 is 23.5 Å². The van der Waals surface area contributed by atoms with Gasteiger partial charge < -0.3 is 10.0 Å². The van der Waals surface area contributed by atoms with Crippen molar-refractivity contribution in [2.75, 3.05) is 6.54 Å². The summed E-state index contributed by atoms with van der Waals surface area (Å²) in [4.78, 5) is 25.4. The van der Waals surface area contributed by atoms with Crippen molar-refractivity contribution in [3.63, 3.8) is 0 Å². The highest BCUT2D eigenvalue weighted by atomic mass is 35.5. The van der Waals surface area contributed by atoms with Gasteiger partial charge in [0.05, 0.1) is 5.92 Å².